The summed E-state index contributed by atoms with van der Waals surface area (Å²) in [6.07, 6.45) is 10.8. The Morgan fingerprint density at radius 2 is 1.84 bits per heavy atom. The summed E-state index contributed by atoms with van der Waals surface area (Å²) < 4.78 is 11.4. The van der Waals surface area contributed by atoms with Crippen molar-refractivity contribution in [1.82, 2.24) is 5.16 Å². The van der Waals surface area contributed by atoms with E-state index in [1.54, 1.807) is 0 Å². The van der Waals surface area contributed by atoms with Gasteiger partial charge in [-0.1, -0.05) is 52.3 Å². The molecule has 0 aromatic carbocycles. The molecule has 0 radical (unpaired) electrons. The van der Waals surface area contributed by atoms with Crippen LogP contribution in [0.3, 0.4) is 0 Å². The smallest absolute Gasteiger partial charge is 0.302 e. The second kappa shape index (κ2) is 7.83. The van der Waals surface area contributed by atoms with E-state index in [4.69, 9.17) is 9.26 Å². The number of ketones is 1. The topological polar surface area (TPSA) is 89.6 Å². The zero-order valence-corrected chi connectivity index (χ0v) is 24.3. The third-order valence-electron chi connectivity index (χ3n) is 12.9. The Bertz CT molecular complexity index is 1230. The van der Waals surface area contributed by atoms with Crippen LogP contribution in [0.25, 0.3) is 0 Å². The average Bonchev–Trinajstić information content (AvgIpc) is 3.30. The summed E-state index contributed by atoms with van der Waals surface area (Å²) in [6.45, 7) is 15.4. The molecule has 6 nitrogen and oxygen atoms in total. The van der Waals surface area contributed by atoms with Gasteiger partial charge in [0.2, 0.25) is 0 Å². The van der Waals surface area contributed by atoms with Crippen molar-refractivity contribution in [2.75, 3.05) is 6.61 Å². The molecule has 1 heterocycles. The summed E-state index contributed by atoms with van der Waals surface area (Å²) in [4.78, 5) is 26.4. The van der Waals surface area contributed by atoms with Crippen molar-refractivity contribution in [2.45, 2.75) is 111 Å². The van der Waals surface area contributed by atoms with Crippen LogP contribution in [-0.2, 0) is 20.7 Å². The molecule has 208 valence electrons. The van der Waals surface area contributed by atoms with Crippen LogP contribution in [0, 0.1) is 38.9 Å². The van der Waals surface area contributed by atoms with E-state index in [9.17, 15) is 14.7 Å². The van der Waals surface area contributed by atoms with Gasteiger partial charge in [-0.15, -0.1) is 0 Å². The lowest BCUT2D eigenvalue weighted by molar-refractivity contribution is -0.252. The van der Waals surface area contributed by atoms with Crippen LogP contribution < -0.4 is 0 Å². The Hall–Kier alpha value is -1.95. The molecule has 0 amide bonds. The van der Waals surface area contributed by atoms with E-state index >= 15 is 0 Å². The lowest BCUT2D eigenvalue weighted by Crippen LogP contribution is -2.74. The molecule has 0 aliphatic heterocycles. The fourth-order valence-corrected chi connectivity index (χ4v) is 10.5. The molecule has 1 N–H and O–H groups in total. The van der Waals surface area contributed by atoms with E-state index in [1.807, 2.05) is 12.3 Å². The number of rotatable bonds is 2. The fraction of sp³-hybridized carbons (Fsp3) is 0.781. The van der Waals surface area contributed by atoms with E-state index in [0.29, 0.717) is 5.92 Å². The number of esters is 1. The van der Waals surface area contributed by atoms with Gasteiger partial charge in [0.1, 0.15) is 11.4 Å². The fourth-order valence-electron chi connectivity index (χ4n) is 10.5. The monoisotopic (exact) mass is 523 g/mol. The quantitative estimate of drug-likeness (QED) is 0.466. The Kier molecular flexibility index (Phi) is 5.41. The van der Waals surface area contributed by atoms with Crippen molar-refractivity contribution in [3.8, 4) is 0 Å². The summed E-state index contributed by atoms with van der Waals surface area (Å²) >= 11 is 0. The van der Waals surface area contributed by atoms with Gasteiger partial charge in [0.25, 0.3) is 0 Å². The summed E-state index contributed by atoms with van der Waals surface area (Å²) in [5.41, 5.74) is -0.592. The predicted molar refractivity (Wildman–Crippen MR) is 143 cm³/mol. The Balaban J connectivity index is 1.50. The molecule has 0 saturated heterocycles. The summed E-state index contributed by atoms with van der Waals surface area (Å²) in [7, 11) is 0. The number of hydrogen-bond donors (Lipinski definition) is 1. The minimum absolute atomic E-state index is 0.0106. The van der Waals surface area contributed by atoms with Crippen molar-refractivity contribution in [3.05, 3.63) is 29.2 Å². The molecule has 3 saturated carbocycles. The van der Waals surface area contributed by atoms with Crippen LogP contribution in [-0.4, -0.2) is 34.2 Å². The van der Waals surface area contributed by atoms with E-state index in [2.05, 4.69) is 46.7 Å². The first-order valence-electron chi connectivity index (χ1n) is 14.7. The molecule has 5 aliphatic carbocycles. The van der Waals surface area contributed by atoms with Crippen molar-refractivity contribution < 1.29 is 24.0 Å². The van der Waals surface area contributed by atoms with Gasteiger partial charge in [0.15, 0.2) is 5.78 Å². The van der Waals surface area contributed by atoms with Gasteiger partial charge in [-0.3, -0.25) is 9.59 Å². The maximum absolute atomic E-state index is 14.5. The molecule has 1 unspecified atom stereocenters. The van der Waals surface area contributed by atoms with Gasteiger partial charge < -0.3 is 14.4 Å². The molecule has 1 aromatic heterocycles. The molecule has 5 aliphatic rings. The third-order valence-corrected chi connectivity index (χ3v) is 12.9. The Morgan fingerprint density at radius 3 is 2.55 bits per heavy atom. The number of carbonyl (C=O) groups is 2. The van der Waals surface area contributed by atoms with Crippen LogP contribution in [0.15, 0.2) is 22.4 Å². The molecule has 3 fully saturated rings. The molecule has 0 spiro atoms. The molecule has 6 rings (SSSR count). The highest BCUT2D eigenvalue weighted by Crippen LogP contribution is 2.75. The Morgan fingerprint density at radius 1 is 1.13 bits per heavy atom. The number of nitrogens with zero attached hydrogens (tertiary/aromatic N) is 1. The van der Waals surface area contributed by atoms with Crippen LogP contribution in [0.4, 0.5) is 0 Å². The predicted octanol–water partition coefficient (Wildman–Crippen LogP) is 6.17. The van der Waals surface area contributed by atoms with Gasteiger partial charge >= 0.3 is 5.97 Å². The standard InChI is InChI=1S/C32H45NO5/c1-19-22-8-9-29(6)23(28(22,5)15-21-17-33-38-26(19)21)14-25(35)32(36)24-16-27(3,4)10-12-31(24,18-37-20(2)34)13-11-30(29,32)7/h14,17,19,22,24,36H,8-13,15-16,18H2,1-7H3/t19-,22-,24?,28-,29+,30-,31+,32+/m0/s1. The lowest BCUT2D eigenvalue weighted by Gasteiger charge is -2.71. The van der Waals surface area contributed by atoms with E-state index in [-0.39, 0.29) is 51.9 Å². The first kappa shape index (κ1) is 26.3. The highest BCUT2D eigenvalue weighted by Gasteiger charge is 2.75. The van der Waals surface area contributed by atoms with Crippen LogP contribution in [0.1, 0.15) is 111 Å². The summed E-state index contributed by atoms with van der Waals surface area (Å²) in [6, 6.07) is 0. The first-order valence-corrected chi connectivity index (χ1v) is 14.7. The van der Waals surface area contributed by atoms with Gasteiger partial charge in [0.05, 0.1) is 12.8 Å². The van der Waals surface area contributed by atoms with Crippen LogP contribution in [0.2, 0.25) is 0 Å². The number of ether oxygens (including phenoxy) is 1. The van der Waals surface area contributed by atoms with Gasteiger partial charge in [-0.25, -0.2) is 0 Å². The van der Waals surface area contributed by atoms with Crippen molar-refractivity contribution in [2.24, 2.45) is 38.9 Å². The van der Waals surface area contributed by atoms with Crippen molar-refractivity contribution >= 4 is 11.8 Å². The molecular formula is C32H45NO5. The molecule has 6 heteroatoms. The number of hydrogen-bond acceptors (Lipinski definition) is 6. The molecule has 38 heavy (non-hydrogen) atoms. The minimum Gasteiger partial charge on any atom is -0.465 e. The van der Waals surface area contributed by atoms with Gasteiger partial charge in [-0.2, -0.15) is 0 Å². The number of carbonyl (C=O) groups excluding carboxylic acids is 2. The number of fused-ring (bicyclic) bond motifs is 8. The van der Waals surface area contributed by atoms with Crippen molar-refractivity contribution in [1.29, 1.82) is 0 Å². The molecule has 1 aromatic rings. The highest BCUT2D eigenvalue weighted by molar-refractivity contribution is 6.00. The maximum atomic E-state index is 14.5. The summed E-state index contributed by atoms with van der Waals surface area (Å²) in [5.74, 6) is 0.927. The molecule has 0 bridgehead atoms. The second-order valence-corrected chi connectivity index (χ2v) is 15.2. The molecule has 8 atom stereocenters. The zero-order chi connectivity index (χ0) is 27.5. The highest BCUT2D eigenvalue weighted by atomic mass is 16.5. The molecular weight excluding hydrogens is 478 g/mol. The van der Waals surface area contributed by atoms with Crippen LogP contribution >= 0.6 is 0 Å². The van der Waals surface area contributed by atoms with Gasteiger partial charge in [0, 0.05) is 35.2 Å². The second-order valence-electron chi connectivity index (χ2n) is 15.2. The minimum atomic E-state index is -1.49. The van der Waals surface area contributed by atoms with E-state index < -0.39 is 11.0 Å². The number of allylic oxidation sites excluding steroid dienone is 1. The number of aliphatic hydroxyl groups is 1. The summed E-state index contributed by atoms with van der Waals surface area (Å²) in [5, 5.41) is 17.1. The normalized spacial score (nSPS) is 47.0. The first-order chi connectivity index (χ1) is 17.6. The largest absolute Gasteiger partial charge is 0.465 e. The lowest BCUT2D eigenvalue weighted by atomic mass is 9.33. The third kappa shape index (κ3) is 3.07. The average molecular weight is 524 g/mol. The van der Waals surface area contributed by atoms with Gasteiger partial charge in [-0.05, 0) is 79.6 Å². The van der Waals surface area contributed by atoms with E-state index in [1.165, 1.54) is 12.5 Å². The van der Waals surface area contributed by atoms with E-state index in [0.717, 1.165) is 62.7 Å². The van der Waals surface area contributed by atoms with Crippen LogP contribution in [0.5, 0.6) is 0 Å². The number of aromatic nitrogens is 1. The van der Waals surface area contributed by atoms with Crippen molar-refractivity contribution in [3.63, 3.8) is 0 Å². The Labute approximate surface area is 226 Å². The maximum Gasteiger partial charge on any atom is 0.302 e. The zero-order valence-electron chi connectivity index (χ0n) is 24.3. The SMILES string of the molecule is CC(=O)OC[C@]12CCC(C)(C)CC1[C@@]1(O)C(=O)C=C3[C@@]4(C)Cc5cnoc5[C@@H](C)[C@@H]4CC[C@@]3(C)[C@]1(C)CC2.